The molecule has 1 unspecified atom stereocenters. The van der Waals surface area contributed by atoms with E-state index in [1.165, 1.54) is 19.5 Å². The highest BCUT2D eigenvalue weighted by Crippen LogP contribution is 2.20. The van der Waals surface area contributed by atoms with Crippen molar-refractivity contribution >= 4 is 5.95 Å². The van der Waals surface area contributed by atoms with Gasteiger partial charge in [0.05, 0.1) is 26.0 Å². The molecule has 90 valence electrons. The van der Waals surface area contributed by atoms with Crippen molar-refractivity contribution in [3.63, 3.8) is 0 Å². The number of nitrogens with one attached hydrogen (secondary N) is 1. The predicted octanol–water partition coefficient (Wildman–Crippen LogP) is 0.820. The van der Waals surface area contributed by atoms with Crippen LogP contribution in [0.5, 0.6) is 5.75 Å². The van der Waals surface area contributed by atoms with Crippen molar-refractivity contribution in [1.82, 2.24) is 9.97 Å². The first-order valence-corrected chi connectivity index (χ1v) is 4.28. The molecule has 0 saturated carbocycles. The molecule has 5 nitrogen and oxygen atoms in total. The predicted molar refractivity (Wildman–Crippen MR) is 49.1 cm³/mol. The molecule has 1 rings (SSSR count). The zero-order chi connectivity index (χ0) is 12.2. The molecular formula is C8H10F3N3O2. The van der Waals surface area contributed by atoms with Crippen LogP contribution in [-0.4, -0.2) is 41.0 Å². The van der Waals surface area contributed by atoms with Gasteiger partial charge in [0.2, 0.25) is 5.95 Å². The maximum atomic E-state index is 11.9. The minimum Gasteiger partial charge on any atom is -0.494 e. The summed E-state index contributed by atoms with van der Waals surface area (Å²) in [5.41, 5.74) is 0. The lowest BCUT2D eigenvalue weighted by Crippen LogP contribution is -2.35. The summed E-state index contributed by atoms with van der Waals surface area (Å²) in [5, 5.41) is 10.9. The fourth-order valence-electron chi connectivity index (χ4n) is 0.817. The summed E-state index contributed by atoms with van der Waals surface area (Å²) in [6.07, 6.45) is -4.50. The van der Waals surface area contributed by atoms with Gasteiger partial charge < -0.3 is 15.2 Å². The smallest absolute Gasteiger partial charge is 0.416 e. The molecule has 1 aromatic rings. The average molecular weight is 237 g/mol. The summed E-state index contributed by atoms with van der Waals surface area (Å²) in [6.45, 7) is -0.699. The van der Waals surface area contributed by atoms with E-state index in [9.17, 15) is 13.2 Å². The number of ether oxygens (including phenoxy) is 1. The number of alkyl halides is 3. The van der Waals surface area contributed by atoms with Crippen LogP contribution in [0.1, 0.15) is 0 Å². The fourth-order valence-corrected chi connectivity index (χ4v) is 0.817. The van der Waals surface area contributed by atoms with Gasteiger partial charge in [0, 0.05) is 0 Å². The summed E-state index contributed by atoms with van der Waals surface area (Å²) >= 11 is 0. The summed E-state index contributed by atoms with van der Waals surface area (Å²) in [4.78, 5) is 7.36. The molecule has 0 aromatic carbocycles. The number of anilines is 1. The summed E-state index contributed by atoms with van der Waals surface area (Å²) in [6, 6.07) is 0. The molecule has 1 atom stereocenters. The van der Waals surface area contributed by atoms with Gasteiger partial charge in [-0.3, -0.25) is 0 Å². The largest absolute Gasteiger partial charge is 0.494 e. The van der Waals surface area contributed by atoms with E-state index in [2.05, 4.69) is 15.3 Å². The van der Waals surface area contributed by atoms with Crippen molar-refractivity contribution < 1.29 is 23.0 Å². The van der Waals surface area contributed by atoms with Gasteiger partial charge in [-0.1, -0.05) is 0 Å². The molecule has 0 aliphatic rings. The standard InChI is InChI=1S/C8H10F3N3O2/c1-16-5-2-12-7(13-3-5)14-4-6(15)8(9,10)11/h2-3,6,15H,4H2,1H3,(H,12,13,14). The number of hydrogen-bond donors (Lipinski definition) is 2. The van der Waals surface area contributed by atoms with Crippen molar-refractivity contribution in [2.45, 2.75) is 12.3 Å². The Morgan fingerprint density at radius 3 is 2.44 bits per heavy atom. The first kappa shape index (κ1) is 12.5. The topological polar surface area (TPSA) is 67.3 Å². The number of aromatic nitrogens is 2. The zero-order valence-corrected chi connectivity index (χ0v) is 8.32. The quantitative estimate of drug-likeness (QED) is 0.811. The third kappa shape index (κ3) is 3.54. The number of methoxy groups -OCH3 is 1. The second kappa shape index (κ2) is 4.97. The third-order valence-corrected chi connectivity index (χ3v) is 1.70. The van der Waals surface area contributed by atoms with Crippen LogP contribution in [0.4, 0.5) is 19.1 Å². The average Bonchev–Trinajstić information content (AvgIpc) is 2.25. The molecule has 0 aliphatic heterocycles. The molecule has 1 heterocycles. The van der Waals surface area contributed by atoms with Crippen molar-refractivity contribution in [1.29, 1.82) is 0 Å². The van der Waals surface area contributed by atoms with E-state index >= 15 is 0 Å². The molecular weight excluding hydrogens is 227 g/mol. The van der Waals surface area contributed by atoms with E-state index in [0.717, 1.165) is 0 Å². The van der Waals surface area contributed by atoms with Crippen molar-refractivity contribution in [2.24, 2.45) is 0 Å². The Kier molecular flexibility index (Phi) is 3.88. The summed E-state index contributed by atoms with van der Waals surface area (Å²) in [5.74, 6) is 0.381. The molecule has 1 aromatic heterocycles. The molecule has 0 spiro atoms. The lowest BCUT2D eigenvalue weighted by atomic mass is 10.3. The van der Waals surface area contributed by atoms with E-state index in [1.54, 1.807) is 0 Å². The van der Waals surface area contributed by atoms with Gasteiger partial charge in [-0.05, 0) is 0 Å². The minimum atomic E-state index is -4.65. The number of aliphatic hydroxyl groups excluding tert-OH is 1. The Bertz CT molecular complexity index is 328. The molecule has 0 aliphatic carbocycles. The highest BCUT2D eigenvalue weighted by Gasteiger charge is 2.37. The Morgan fingerprint density at radius 1 is 1.44 bits per heavy atom. The Morgan fingerprint density at radius 2 is 2.00 bits per heavy atom. The van der Waals surface area contributed by atoms with Crippen LogP contribution < -0.4 is 10.1 Å². The molecule has 0 radical (unpaired) electrons. The van der Waals surface area contributed by atoms with E-state index in [1.807, 2.05) is 0 Å². The third-order valence-electron chi connectivity index (χ3n) is 1.70. The van der Waals surface area contributed by atoms with Gasteiger partial charge in [0.15, 0.2) is 11.9 Å². The van der Waals surface area contributed by atoms with E-state index in [4.69, 9.17) is 9.84 Å². The molecule has 16 heavy (non-hydrogen) atoms. The number of nitrogens with zero attached hydrogens (tertiary/aromatic N) is 2. The van der Waals surface area contributed by atoms with Crippen molar-refractivity contribution in [3.05, 3.63) is 12.4 Å². The Labute approximate surface area is 89.3 Å². The zero-order valence-electron chi connectivity index (χ0n) is 8.32. The number of aliphatic hydroxyl groups is 1. The lowest BCUT2D eigenvalue weighted by Gasteiger charge is -2.14. The second-order valence-corrected chi connectivity index (χ2v) is 2.88. The first-order chi connectivity index (χ1) is 7.43. The summed E-state index contributed by atoms with van der Waals surface area (Å²) < 4.78 is 40.5. The van der Waals surface area contributed by atoms with Crippen molar-refractivity contribution in [3.8, 4) is 5.75 Å². The molecule has 8 heteroatoms. The van der Waals surface area contributed by atoms with Gasteiger partial charge >= 0.3 is 6.18 Å². The van der Waals surface area contributed by atoms with Gasteiger partial charge in [0.25, 0.3) is 0 Å². The van der Waals surface area contributed by atoms with Crippen LogP contribution in [-0.2, 0) is 0 Å². The van der Waals surface area contributed by atoms with Crippen LogP contribution in [0.3, 0.4) is 0 Å². The monoisotopic (exact) mass is 237 g/mol. The molecule has 0 fully saturated rings. The highest BCUT2D eigenvalue weighted by atomic mass is 19.4. The van der Waals surface area contributed by atoms with Gasteiger partial charge in [0.1, 0.15) is 0 Å². The maximum Gasteiger partial charge on any atom is 0.416 e. The molecule has 0 saturated heterocycles. The normalized spacial score (nSPS) is 13.3. The van der Waals surface area contributed by atoms with E-state index in [-0.39, 0.29) is 5.95 Å². The molecule has 0 amide bonds. The van der Waals surface area contributed by atoms with Crippen LogP contribution in [0, 0.1) is 0 Å². The van der Waals surface area contributed by atoms with Gasteiger partial charge in [-0.25, -0.2) is 9.97 Å². The van der Waals surface area contributed by atoms with E-state index in [0.29, 0.717) is 5.75 Å². The molecule has 0 bridgehead atoms. The van der Waals surface area contributed by atoms with E-state index < -0.39 is 18.8 Å². The minimum absolute atomic E-state index is 0.0101. The highest BCUT2D eigenvalue weighted by molar-refractivity contribution is 5.27. The fraction of sp³-hybridized carbons (Fsp3) is 0.500. The maximum absolute atomic E-state index is 11.9. The Balaban J connectivity index is 2.48. The van der Waals surface area contributed by atoms with Crippen molar-refractivity contribution in [2.75, 3.05) is 19.0 Å². The molecule has 2 N–H and O–H groups in total. The first-order valence-electron chi connectivity index (χ1n) is 4.28. The number of rotatable bonds is 4. The van der Waals surface area contributed by atoms with Gasteiger partial charge in [-0.2, -0.15) is 13.2 Å². The van der Waals surface area contributed by atoms with Gasteiger partial charge in [-0.15, -0.1) is 0 Å². The Hall–Kier alpha value is -1.57. The van der Waals surface area contributed by atoms with Crippen LogP contribution in [0.25, 0.3) is 0 Å². The number of halogens is 3. The lowest BCUT2D eigenvalue weighted by molar-refractivity contribution is -0.198. The van der Waals surface area contributed by atoms with Crippen LogP contribution in [0.2, 0.25) is 0 Å². The van der Waals surface area contributed by atoms with Crippen LogP contribution >= 0.6 is 0 Å². The second-order valence-electron chi connectivity index (χ2n) is 2.88. The van der Waals surface area contributed by atoms with Crippen LogP contribution in [0.15, 0.2) is 12.4 Å². The number of hydrogen-bond acceptors (Lipinski definition) is 5. The summed E-state index contributed by atoms with van der Waals surface area (Å²) in [7, 11) is 1.42. The SMILES string of the molecule is COc1cnc(NCC(O)C(F)(F)F)nc1.